The first-order valence-corrected chi connectivity index (χ1v) is 6.47. The number of aliphatic carboxylic acids is 1. The highest BCUT2D eigenvalue weighted by Gasteiger charge is 2.33. The number of anilines is 1. The first-order valence-electron chi connectivity index (χ1n) is 6.47. The van der Waals surface area contributed by atoms with Crippen LogP contribution in [0.15, 0.2) is 18.2 Å². The molecule has 1 aliphatic carbocycles. The fraction of sp³-hybridized carbons (Fsp3) is 0.385. The zero-order chi connectivity index (χ0) is 15.6. The molecule has 1 saturated carbocycles. The molecule has 8 nitrogen and oxygen atoms in total. The summed E-state index contributed by atoms with van der Waals surface area (Å²) >= 11 is 0. The van der Waals surface area contributed by atoms with E-state index in [1.807, 2.05) is 0 Å². The number of nitrogens with two attached hydrogens (primary N) is 1. The van der Waals surface area contributed by atoms with Crippen LogP contribution in [0.3, 0.4) is 0 Å². The van der Waals surface area contributed by atoms with Gasteiger partial charge in [-0.1, -0.05) is 0 Å². The highest BCUT2D eigenvalue weighted by molar-refractivity contribution is 5.94. The van der Waals surface area contributed by atoms with Gasteiger partial charge in [-0.05, 0) is 25.0 Å². The van der Waals surface area contributed by atoms with Gasteiger partial charge in [-0.2, -0.15) is 0 Å². The zero-order valence-corrected chi connectivity index (χ0v) is 11.2. The van der Waals surface area contributed by atoms with Crippen molar-refractivity contribution < 1.29 is 19.6 Å². The van der Waals surface area contributed by atoms with Crippen LogP contribution in [0.25, 0.3) is 0 Å². The van der Waals surface area contributed by atoms with Gasteiger partial charge in [0.1, 0.15) is 5.69 Å². The minimum atomic E-state index is -0.961. The van der Waals surface area contributed by atoms with Crippen molar-refractivity contribution in [2.24, 2.45) is 5.73 Å². The molecule has 0 bridgehead atoms. The summed E-state index contributed by atoms with van der Waals surface area (Å²) < 4.78 is 0. The highest BCUT2D eigenvalue weighted by Crippen LogP contribution is 2.37. The van der Waals surface area contributed by atoms with Crippen LogP contribution >= 0.6 is 0 Å². The number of benzene rings is 1. The summed E-state index contributed by atoms with van der Waals surface area (Å²) in [6, 6.07) is 4.12. The predicted octanol–water partition coefficient (Wildman–Crippen LogP) is 1.14. The number of hydrogen-bond acceptors (Lipinski definition) is 5. The first kappa shape index (κ1) is 14.8. The largest absolute Gasteiger partial charge is 0.481 e. The number of amides is 1. The Bertz CT molecular complexity index is 597. The van der Waals surface area contributed by atoms with Gasteiger partial charge >= 0.3 is 5.97 Å². The molecule has 2 rings (SSSR count). The van der Waals surface area contributed by atoms with E-state index >= 15 is 0 Å². The fourth-order valence-electron chi connectivity index (χ4n) is 2.17. The molecule has 21 heavy (non-hydrogen) atoms. The van der Waals surface area contributed by atoms with Crippen LogP contribution < -0.4 is 10.6 Å². The van der Waals surface area contributed by atoms with Gasteiger partial charge in [-0.25, -0.2) is 0 Å². The molecular formula is C13H15N3O5. The molecule has 112 valence electrons. The Morgan fingerprint density at radius 2 is 2.10 bits per heavy atom. The molecule has 0 aliphatic heterocycles. The predicted molar refractivity (Wildman–Crippen MR) is 74.2 cm³/mol. The molecule has 0 aromatic heterocycles. The lowest BCUT2D eigenvalue weighted by molar-refractivity contribution is -0.384. The number of nitro benzene ring substituents is 1. The van der Waals surface area contributed by atoms with Crippen LogP contribution in [0.4, 0.5) is 11.4 Å². The summed E-state index contributed by atoms with van der Waals surface area (Å²) in [7, 11) is 0. The van der Waals surface area contributed by atoms with Crippen molar-refractivity contribution in [1.82, 2.24) is 0 Å². The molecule has 0 heterocycles. The molecule has 0 spiro atoms. The third-order valence-corrected chi connectivity index (χ3v) is 3.32. The van der Waals surface area contributed by atoms with Crippen molar-refractivity contribution in [3.63, 3.8) is 0 Å². The second kappa shape index (κ2) is 5.78. The lowest BCUT2D eigenvalue weighted by Crippen LogP contribution is -2.29. The average Bonchev–Trinajstić information content (AvgIpc) is 3.23. The van der Waals surface area contributed by atoms with Gasteiger partial charge in [0.05, 0.1) is 11.3 Å². The van der Waals surface area contributed by atoms with Crippen molar-refractivity contribution in [2.75, 3.05) is 11.4 Å². The topological polar surface area (TPSA) is 127 Å². The third-order valence-electron chi connectivity index (χ3n) is 3.32. The van der Waals surface area contributed by atoms with Gasteiger partial charge in [0.2, 0.25) is 5.91 Å². The normalized spacial score (nSPS) is 13.7. The number of carboxylic acid groups (broad SMARTS) is 1. The van der Waals surface area contributed by atoms with Crippen molar-refractivity contribution in [1.29, 1.82) is 0 Å². The van der Waals surface area contributed by atoms with E-state index < -0.39 is 16.8 Å². The van der Waals surface area contributed by atoms with E-state index in [1.54, 1.807) is 4.90 Å². The Hall–Kier alpha value is -2.64. The van der Waals surface area contributed by atoms with Crippen molar-refractivity contribution in [3.05, 3.63) is 33.9 Å². The van der Waals surface area contributed by atoms with Crippen LogP contribution in [0.5, 0.6) is 0 Å². The minimum Gasteiger partial charge on any atom is -0.481 e. The van der Waals surface area contributed by atoms with Gasteiger partial charge < -0.3 is 15.7 Å². The smallest absolute Gasteiger partial charge is 0.305 e. The lowest BCUT2D eigenvalue weighted by Gasteiger charge is -2.23. The number of carboxylic acids is 1. The summed E-state index contributed by atoms with van der Waals surface area (Å²) in [4.78, 5) is 34.2. The van der Waals surface area contributed by atoms with Crippen molar-refractivity contribution in [3.8, 4) is 0 Å². The number of nitro groups is 1. The maximum atomic E-state index is 11.2. The first-order chi connectivity index (χ1) is 9.90. The lowest BCUT2D eigenvalue weighted by atomic mass is 10.1. The fourth-order valence-corrected chi connectivity index (χ4v) is 2.17. The van der Waals surface area contributed by atoms with Crippen LogP contribution in [-0.4, -0.2) is 34.5 Å². The standard InChI is InChI=1S/C13H15N3O5/c14-13(19)8-1-4-10(11(7-8)16(20)21)15(9-2-3-9)6-5-12(17)18/h1,4,7,9H,2-3,5-6H2,(H2,14,19)(H,17,18). The van der Waals surface area contributed by atoms with Crippen LogP contribution in [0.2, 0.25) is 0 Å². The molecule has 1 fully saturated rings. The summed E-state index contributed by atoms with van der Waals surface area (Å²) in [6.07, 6.45) is 1.63. The molecule has 0 radical (unpaired) electrons. The van der Waals surface area contributed by atoms with Crippen molar-refractivity contribution in [2.45, 2.75) is 25.3 Å². The second-order valence-electron chi connectivity index (χ2n) is 4.89. The van der Waals surface area contributed by atoms with E-state index in [0.717, 1.165) is 18.9 Å². The van der Waals surface area contributed by atoms with Gasteiger partial charge in [-0.15, -0.1) is 0 Å². The molecule has 3 N–H and O–H groups in total. The number of nitrogens with zero attached hydrogens (tertiary/aromatic N) is 2. The third kappa shape index (κ3) is 3.47. The molecule has 1 aromatic rings. The highest BCUT2D eigenvalue weighted by atomic mass is 16.6. The summed E-state index contributed by atoms with van der Waals surface area (Å²) in [5, 5.41) is 20.0. The van der Waals surface area contributed by atoms with Gasteiger partial charge in [0.15, 0.2) is 0 Å². The number of rotatable bonds is 7. The van der Waals surface area contributed by atoms with Gasteiger partial charge in [0, 0.05) is 24.2 Å². The van der Waals surface area contributed by atoms with Crippen LogP contribution in [0.1, 0.15) is 29.6 Å². The zero-order valence-electron chi connectivity index (χ0n) is 11.2. The molecule has 0 atom stereocenters. The quantitative estimate of drug-likeness (QED) is 0.573. The average molecular weight is 293 g/mol. The van der Waals surface area contributed by atoms with Gasteiger partial charge in [-0.3, -0.25) is 19.7 Å². The second-order valence-corrected chi connectivity index (χ2v) is 4.89. The van der Waals surface area contributed by atoms with Crippen LogP contribution in [0, 0.1) is 10.1 Å². The van der Waals surface area contributed by atoms with Crippen LogP contribution in [-0.2, 0) is 4.79 Å². The molecule has 1 aromatic carbocycles. The molecular weight excluding hydrogens is 278 g/mol. The summed E-state index contributed by atoms with van der Waals surface area (Å²) in [5.74, 6) is -1.70. The SMILES string of the molecule is NC(=O)c1ccc(N(CCC(=O)O)C2CC2)c([N+](=O)[O-])c1. The Labute approximate surface area is 120 Å². The minimum absolute atomic E-state index is 0.0550. The van der Waals surface area contributed by atoms with E-state index in [9.17, 15) is 19.7 Å². The van der Waals surface area contributed by atoms with E-state index in [0.29, 0.717) is 5.69 Å². The molecule has 0 saturated heterocycles. The van der Waals surface area contributed by atoms with E-state index in [2.05, 4.69) is 0 Å². The summed E-state index contributed by atoms with van der Waals surface area (Å²) in [5.41, 5.74) is 5.28. The number of carbonyl (C=O) groups is 2. The molecule has 1 amide bonds. The Kier molecular flexibility index (Phi) is 4.06. The number of carbonyl (C=O) groups excluding carboxylic acids is 1. The Morgan fingerprint density at radius 3 is 2.57 bits per heavy atom. The number of primary amides is 1. The maximum Gasteiger partial charge on any atom is 0.305 e. The molecule has 1 aliphatic rings. The Morgan fingerprint density at radius 1 is 1.43 bits per heavy atom. The van der Waals surface area contributed by atoms with Crippen molar-refractivity contribution >= 4 is 23.3 Å². The molecule has 0 unspecified atom stereocenters. The Balaban J connectivity index is 2.36. The van der Waals surface area contributed by atoms with Gasteiger partial charge in [0.25, 0.3) is 5.69 Å². The summed E-state index contributed by atoms with van der Waals surface area (Å²) in [6.45, 7) is 0.191. The van der Waals surface area contributed by atoms with E-state index in [4.69, 9.17) is 10.8 Å². The monoisotopic (exact) mass is 293 g/mol. The van der Waals surface area contributed by atoms with E-state index in [-0.39, 0.29) is 30.3 Å². The molecule has 8 heteroatoms. The number of hydrogen-bond donors (Lipinski definition) is 2. The maximum absolute atomic E-state index is 11.2. The van der Waals surface area contributed by atoms with E-state index in [1.165, 1.54) is 12.1 Å².